The zero-order valence-electron chi connectivity index (χ0n) is 11.7. The first-order valence-electron chi connectivity index (χ1n) is 6.75. The SMILES string of the molecule is CCC(C)n1ccc(CC(N)c2ccc(F)c(Cl)c2)n1. The van der Waals surface area contributed by atoms with Gasteiger partial charge in [-0.3, -0.25) is 4.68 Å². The summed E-state index contributed by atoms with van der Waals surface area (Å²) in [5.41, 5.74) is 7.88. The summed E-state index contributed by atoms with van der Waals surface area (Å²) in [5.74, 6) is -0.427. The summed E-state index contributed by atoms with van der Waals surface area (Å²) < 4.78 is 15.1. The van der Waals surface area contributed by atoms with Gasteiger partial charge in [-0.05, 0) is 37.1 Å². The monoisotopic (exact) mass is 295 g/mol. The summed E-state index contributed by atoms with van der Waals surface area (Å²) in [6.07, 6.45) is 3.60. The third kappa shape index (κ3) is 3.38. The minimum absolute atomic E-state index is 0.100. The number of nitrogens with two attached hydrogens (primary N) is 1. The van der Waals surface area contributed by atoms with E-state index < -0.39 is 5.82 Å². The van der Waals surface area contributed by atoms with Gasteiger partial charge in [0.15, 0.2) is 0 Å². The molecule has 2 N–H and O–H groups in total. The fourth-order valence-corrected chi connectivity index (χ4v) is 2.19. The molecule has 108 valence electrons. The molecule has 3 nitrogen and oxygen atoms in total. The third-order valence-electron chi connectivity index (χ3n) is 3.51. The van der Waals surface area contributed by atoms with Crippen LogP contribution in [0.15, 0.2) is 30.5 Å². The number of hydrogen-bond acceptors (Lipinski definition) is 2. The van der Waals surface area contributed by atoms with E-state index in [2.05, 4.69) is 18.9 Å². The average molecular weight is 296 g/mol. The zero-order chi connectivity index (χ0) is 14.7. The van der Waals surface area contributed by atoms with Crippen molar-refractivity contribution in [3.05, 3.63) is 52.6 Å². The quantitative estimate of drug-likeness (QED) is 0.909. The lowest BCUT2D eigenvalue weighted by Crippen LogP contribution is -2.14. The van der Waals surface area contributed by atoms with Crippen LogP contribution in [0.2, 0.25) is 5.02 Å². The number of aromatic nitrogens is 2. The molecule has 0 fully saturated rings. The van der Waals surface area contributed by atoms with E-state index in [1.165, 1.54) is 6.07 Å². The van der Waals surface area contributed by atoms with E-state index >= 15 is 0 Å². The topological polar surface area (TPSA) is 43.8 Å². The highest BCUT2D eigenvalue weighted by atomic mass is 35.5. The lowest BCUT2D eigenvalue weighted by Gasteiger charge is -2.12. The molecule has 1 heterocycles. The zero-order valence-corrected chi connectivity index (χ0v) is 12.4. The first-order chi connectivity index (χ1) is 9.51. The van der Waals surface area contributed by atoms with Gasteiger partial charge in [-0.15, -0.1) is 0 Å². The van der Waals surface area contributed by atoms with Crippen molar-refractivity contribution < 1.29 is 4.39 Å². The van der Waals surface area contributed by atoms with Gasteiger partial charge >= 0.3 is 0 Å². The van der Waals surface area contributed by atoms with Crippen LogP contribution in [0.1, 0.15) is 43.6 Å². The number of halogens is 2. The molecule has 2 rings (SSSR count). The molecule has 20 heavy (non-hydrogen) atoms. The Morgan fingerprint density at radius 1 is 1.40 bits per heavy atom. The van der Waals surface area contributed by atoms with E-state index in [9.17, 15) is 4.39 Å². The molecule has 1 aromatic heterocycles. The maximum absolute atomic E-state index is 13.1. The highest BCUT2D eigenvalue weighted by Crippen LogP contribution is 2.22. The molecule has 2 atom stereocenters. The molecule has 2 unspecified atom stereocenters. The second-order valence-electron chi connectivity index (χ2n) is 5.03. The summed E-state index contributed by atoms with van der Waals surface area (Å²) in [7, 11) is 0. The van der Waals surface area contributed by atoms with Crippen LogP contribution < -0.4 is 5.73 Å². The molecular weight excluding hydrogens is 277 g/mol. The van der Waals surface area contributed by atoms with Crippen LogP contribution in [0.4, 0.5) is 4.39 Å². The fraction of sp³-hybridized carbons (Fsp3) is 0.400. The summed E-state index contributed by atoms with van der Waals surface area (Å²) in [4.78, 5) is 0. The van der Waals surface area contributed by atoms with Gasteiger partial charge in [0.2, 0.25) is 0 Å². The molecule has 0 bridgehead atoms. The molecular formula is C15H19ClFN3. The minimum atomic E-state index is -0.427. The van der Waals surface area contributed by atoms with Crippen molar-refractivity contribution in [2.24, 2.45) is 5.73 Å². The number of benzene rings is 1. The normalized spacial score (nSPS) is 14.2. The Morgan fingerprint density at radius 2 is 2.15 bits per heavy atom. The predicted octanol–water partition coefficient (Wildman–Crippen LogP) is 3.89. The Morgan fingerprint density at radius 3 is 2.80 bits per heavy atom. The van der Waals surface area contributed by atoms with Gasteiger partial charge in [-0.2, -0.15) is 5.10 Å². The van der Waals surface area contributed by atoms with E-state index in [0.717, 1.165) is 17.7 Å². The third-order valence-corrected chi connectivity index (χ3v) is 3.80. The second kappa shape index (κ2) is 6.37. The van der Waals surface area contributed by atoms with Crippen LogP contribution in [0.25, 0.3) is 0 Å². The van der Waals surface area contributed by atoms with E-state index in [1.54, 1.807) is 12.1 Å². The Kier molecular flexibility index (Phi) is 4.78. The van der Waals surface area contributed by atoms with E-state index in [1.807, 2.05) is 16.9 Å². The van der Waals surface area contributed by atoms with Crippen molar-refractivity contribution >= 4 is 11.6 Å². The fourth-order valence-electron chi connectivity index (χ4n) is 2.00. The van der Waals surface area contributed by atoms with Gasteiger partial charge in [-0.1, -0.05) is 24.6 Å². The molecule has 0 spiro atoms. The molecule has 0 saturated carbocycles. The summed E-state index contributed by atoms with van der Waals surface area (Å²) >= 11 is 5.78. The number of hydrogen-bond donors (Lipinski definition) is 1. The number of nitrogens with zero attached hydrogens (tertiary/aromatic N) is 2. The van der Waals surface area contributed by atoms with Crippen LogP contribution in [0.5, 0.6) is 0 Å². The van der Waals surface area contributed by atoms with E-state index in [0.29, 0.717) is 12.5 Å². The maximum atomic E-state index is 13.1. The predicted molar refractivity (Wildman–Crippen MR) is 79.3 cm³/mol. The number of rotatable bonds is 5. The highest BCUT2D eigenvalue weighted by Gasteiger charge is 2.12. The molecule has 5 heteroatoms. The maximum Gasteiger partial charge on any atom is 0.141 e. The molecule has 0 saturated heterocycles. The molecule has 0 aliphatic carbocycles. The van der Waals surface area contributed by atoms with Gasteiger partial charge in [0, 0.05) is 24.7 Å². The van der Waals surface area contributed by atoms with Gasteiger partial charge in [0.1, 0.15) is 5.82 Å². The van der Waals surface area contributed by atoms with Crippen LogP contribution >= 0.6 is 11.6 Å². The molecule has 0 aliphatic heterocycles. The van der Waals surface area contributed by atoms with Gasteiger partial charge < -0.3 is 5.73 Å². The molecule has 0 aliphatic rings. The van der Waals surface area contributed by atoms with Gasteiger partial charge in [0.25, 0.3) is 0 Å². The summed E-state index contributed by atoms with van der Waals surface area (Å²) in [6.45, 7) is 4.24. The lowest BCUT2D eigenvalue weighted by atomic mass is 10.0. The molecule has 0 amide bonds. The Labute approximate surface area is 123 Å². The van der Waals surface area contributed by atoms with Gasteiger partial charge in [-0.25, -0.2) is 4.39 Å². The van der Waals surface area contributed by atoms with Crippen molar-refractivity contribution in [3.63, 3.8) is 0 Å². The van der Waals surface area contributed by atoms with Gasteiger partial charge in [0.05, 0.1) is 10.7 Å². The van der Waals surface area contributed by atoms with Crippen LogP contribution in [0.3, 0.4) is 0 Å². The first-order valence-corrected chi connectivity index (χ1v) is 7.13. The Bertz CT molecular complexity index is 582. The smallest absolute Gasteiger partial charge is 0.141 e. The van der Waals surface area contributed by atoms with Crippen molar-refractivity contribution in [2.75, 3.05) is 0 Å². The van der Waals surface area contributed by atoms with E-state index in [4.69, 9.17) is 17.3 Å². The molecule has 1 aromatic carbocycles. The average Bonchev–Trinajstić information content (AvgIpc) is 2.89. The van der Waals surface area contributed by atoms with Crippen LogP contribution in [-0.4, -0.2) is 9.78 Å². The minimum Gasteiger partial charge on any atom is -0.324 e. The Hall–Kier alpha value is -1.39. The molecule has 2 aromatic rings. The Balaban J connectivity index is 2.09. The highest BCUT2D eigenvalue weighted by molar-refractivity contribution is 6.30. The largest absolute Gasteiger partial charge is 0.324 e. The van der Waals surface area contributed by atoms with Crippen molar-refractivity contribution in [3.8, 4) is 0 Å². The van der Waals surface area contributed by atoms with Crippen molar-refractivity contribution in [1.29, 1.82) is 0 Å². The first kappa shape index (κ1) is 15.0. The van der Waals surface area contributed by atoms with Crippen molar-refractivity contribution in [1.82, 2.24) is 9.78 Å². The summed E-state index contributed by atoms with van der Waals surface area (Å²) in [6, 6.07) is 6.69. The molecule has 0 radical (unpaired) electrons. The lowest BCUT2D eigenvalue weighted by molar-refractivity contribution is 0.472. The van der Waals surface area contributed by atoms with Crippen molar-refractivity contribution in [2.45, 2.75) is 38.8 Å². The summed E-state index contributed by atoms with van der Waals surface area (Å²) in [5, 5.41) is 4.62. The second-order valence-corrected chi connectivity index (χ2v) is 5.44. The van der Waals surface area contributed by atoms with E-state index in [-0.39, 0.29) is 11.1 Å². The van der Waals surface area contributed by atoms with Crippen LogP contribution in [0, 0.1) is 5.82 Å². The van der Waals surface area contributed by atoms with Crippen LogP contribution in [-0.2, 0) is 6.42 Å². The standard InChI is InChI=1S/C15H19ClFN3/c1-3-10(2)20-7-6-12(19-20)9-15(18)11-4-5-14(17)13(16)8-11/h4-8,10,15H,3,9,18H2,1-2H3.